The number of carbonyl (C=O) groups excluding carboxylic acids is 1. The first-order valence-electron chi connectivity index (χ1n) is 11.6. The highest BCUT2D eigenvalue weighted by Crippen LogP contribution is 2.32. The van der Waals surface area contributed by atoms with Gasteiger partial charge in [0.05, 0.1) is 13.2 Å². The van der Waals surface area contributed by atoms with Crippen molar-refractivity contribution in [3.05, 3.63) is 0 Å². The normalized spacial score (nSPS) is 47.9. The van der Waals surface area contributed by atoms with Gasteiger partial charge in [0.1, 0.15) is 67.1 Å². The molecular weight excluding hydrogens is 526 g/mol. The molecule has 0 aromatic heterocycles. The standard InChI is InChI=1S/C20H33NO17/c1-4(24)21-7-9(26)14(37-20-13(30)10(27)8(25)5(2-22)34-20)6(3-23)35-19(7)38-15-11(28)12(29)18(33)36-16(15)17(31)32/h5-16,18-20,22-23,25-30,33H,2-3H2,1H3,(H,21,24)(H,31,32)/t5-,6-,7-,8+,9-,10+,11-,12-,13-,14-,15+,16+,18+,19-,20-/m1/s1. The van der Waals surface area contributed by atoms with Crippen molar-refractivity contribution in [1.82, 2.24) is 5.32 Å². The summed E-state index contributed by atoms with van der Waals surface area (Å²) in [6.45, 7) is -0.618. The highest BCUT2D eigenvalue weighted by Gasteiger charge is 2.54. The first kappa shape index (κ1) is 30.9. The van der Waals surface area contributed by atoms with Crippen LogP contribution in [-0.2, 0) is 33.3 Å². The van der Waals surface area contributed by atoms with Crippen LogP contribution in [0.2, 0.25) is 0 Å². The third-order valence-corrected chi connectivity index (χ3v) is 6.46. The molecule has 0 unspecified atom stereocenters. The van der Waals surface area contributed by atoms with E-state index in [1.165, 1.54) is 0 Å². The fourth-order valence-corrected chi connectivity index (χ4v) is 4.43. The molecule has 3 aliphatic rings. The molecule has 220 valence electrons. The number of ether oxygens (including phenoxy) is 5. The maximum Gasteiger partial charge on any atom is 0.335 e. The zero-order valence-corrected chi connectivity index (χ0v) is 19.9. The number of rotatable bonds is 8. The highest BCUT2D eigenvalue weighted by molar-refractivity contribution is 5.74. The van der Waals surface area contributed by atoms with Gasteiger partial charge >= 0.3 is 5.97 Å². The molecule has 3 heterocycles. The molecule has 0 saturated carbocycles. The molecule has 3 saturated heterocycles. The molecule has 38 heavy (non-hydrogen) atoms. The Morgan fingerprint density at radius 3 is 1.84 bits per heavy atom. The first-order valence-corrected chi connectivity index (χ1v) is 11.6. The maximum atomic E-state index is 11.9. The summed E-state index contributed by atoms with van der Waals surface area (Å²) in [6.07, 6.45) is -25.4. The van der Waals surface area contributed by atoms with Crippen LogP contribution in [0.5, 0.6) is 0 Å². The number of carbonyl (C=O) groups is 2. The van der Waals surface area contributed by atoms with Crippen LogP contribution in [0, 0.1) is 0 Å². The number of amides is 1. The van der Waals surface area contributed by atoms with E-state index in [2.05, 4.69) is 5.32 Å². The van der Waals surface area contributed by atoms with Crippen LogP contribution in [0.1, 0.15) is 6.92 Å². The van der Waals surface area contributed by atoms with E-state index in [0.717, 1.165) is 6.92 Å². The van der Waals surface area contributed by atoms with E-state index in [0.29, 0.717) is 0 Å². The molecule has 0 bridgehead atoms. The SMILES string of the molecule is CC(=O)N[C@H]1[C@@H](O[C@H]2[C@H](O)[C@@H](O)[C@@H](O)O[C@@H]2C(=O)O)O[C@H](CO)[C@@H](O[C@H]2O[C@H](CO)[C@H](O)[C@H](O)[C@H]2O)[C@@H]1O. The molecule has 18 nitrogen and oxygen atoms in total. The quantitative estimate of drug-likeness (QED) is 0.132. The van der Waals surface area contributed by atoms with Crippen LogP contribution in [0.4, 0.5) is 0 Å². The van der Waals surface area contributed by atoms with Crippen molar-refractivity contribution < 1.29 is 84.3 Å². The average Bonchev–Trinajstić information content (AvgIpc) is 2.87. The molecule has 11 N–H and O–H groups in total. The Morgan fingerprint density at radius 2 is 1.29 bits per heavy atom. The summed E-state index contributed by atoms with van der Waals surface area (Å²) < 4.78 is 26.6. The molecule has 3 fully saturated rings. The number of aliphatic hydroxyl groups is 9. The third-order valence-electron chi connectivity index (χ3n) is 6.46. The minimum atomic E-state index is -2.07. The second-order valence-corrected chi connectivity index (χ2v) is 9.11. The van der Waals surface area contributed by atoms with Gasteiger partial charge in [-0.1, -0.05) is 0 Å². The summed E-state index contributed by atoms with van der Waals surface area (Å²) in [7, 11) is 0. The minimum absolute atomic E-state index is 0.744. The Morgan fingerprint density at radius 1 is 0.711 bits per heavy atom. The van der Waals surface area contributed by atoms with Gasteiger partial charge in [-0.25, -0.2) is 4.79 Å². The average molecular weight is 559 g/mol. The molecular formula is C20H33NO17. The van der Waals surface area contributed by atoms with Gasteiger partial charge in [-0.2, -0.15) is 0 Å². The van der Waals surface area contributed by atoms with E-state index in [9.17, 15) is 60.7 Å². The van der Waals surface area contributed by atoms with E-state index in [4.69, 9.17) is 23.7 Å². The van der Waals surface area contributed by atoms with Crippen LogP contribution in [0.3, 0.4) is 0 Å². The summed E-state index contributed by atoms with van der Waals surface area (Å²) in [6, 6.07) is -1.59. The zero-order chi connectivity index (χ0) is 28.5. The Bertz CT molecular complexity index is 816. The summed E-state index contributed by atoms with van der Waals surface area (Å²) >= 11 is 0. The van der Waals surface area contributed by atoms with Crippen molar-refractivity contribution in [2.75, 3.05) is 13.2 Å². The topological polar surface area (TPSA) is 295 Å². The van der Waals surface area contributed by atoms with Crippen molar-refractivity contribution in [3.63, 3.8) is 0 Å². The van der Waals surface area contributed by atoms with Crippen molar-refractivity contribution in [2.24, 2.45) is 0 Å². The monoisotopic (exact) mass is 559 g/mol. The van der Waals surface area contributed by atoms with Gasteiger partial charge in [-0.15, -0.1) is 0 Å². The van der Waals surface area contributed by atoms with Crippen LogP contribution in [0.15, 0.2) is 0 Å². The number of carboxylic acids is 1. The van der Waals surface area contributed by atoms with E-state index in [-0.39, 0.29) is 0 Å². The van der Waals surface area contributed by atoms with Crippen LogP contribution in [-0.4, -0.2) is 168 Å². The number of carboxylic acid groups (broad SMARTS) is 1. The van der Waals surface area contributed by atoms with Crippen molar-refractivity contribution in [2.45, 2.75) is 99.0 Å². The molecule has 1 amide bonds. The fourth-order valence-electron chi connectivity index (χ4n) is 4.43. The number of nitrogens with one attached hydrogen (secondary N) is 1. The lowest BCUT2D eigenvalue weighted by Gasteiger charge is -2.48. The molecule has 3 aliphatic heterocycles. The second kappa shape index (κ2) is 12.7. The van der Waals surface area contributed by atoms with Crippen molar-refractivity contribution >= 4 is 11.9 Å². The summed E-state index contributed by atoms with van der Waals surface area (Å²) in [4.78, 5) is 23.5. The van der Waals surface area contributed by atoms with Gasteiger partial charge in [0.15, 0.2) is 25.0 Å². The van der Waals surface area contributed by atoms with Crippen molar-refractivity contribution in [1.29, 1.82) is 0 Å². The van der Waals surface area contributed by atoms with Gasteiger partial charge in [-0.3, -0.25) is 4.79 Å². The largest absolute Gasteiger partial charge is 0.479 e. The second-order valence-electron chi connectivity index (χ2n) is 9.11. The number of aliphatic hydroxyl groups excluding tert-OH is 9. The third kappa shape index (κ3) is 6.24. The van der Waals surface area contributed by atoms with Crippen LogP contribution >= 0.6 is 0 Å². The molecule has 18 heteroatoms. The number of aliphatic carboxylic acids is 1. The Kier molecular flexibility index (Phi) is 10.3. The summed E-state index contributed by atoms with van der Waals surface area (Å²) in [5.74, 6) is -2.44. The van der Waals surface area contributed by atoms with E-state index < -0.39 is 117 Å². The summed E-state index contributed by atoms with van der Waals surface area (Å²) in [5, 5.41) is 102. The van der Waals surface area contributed by atoms with Gasteiger partial charge in [0.25, 0.3) is 0 Å². The Hall–Kier alpha value is -1.62. The van der Waals surface area contributed by atoms with Crippen LogP contribution < -0.4 is 5.32 Å². The molecule has 0 aromatic carbocycles. The minimum Gasteiger partial charge on any atom is -0.479 e. The lowest BCUT2D eigenvalue weighted by atomic mass is 9.94. The highest BCUT2D eigenvalue weighted by atomic mass is 16.7. The van der Waals surface area contributed by atoms with Crippen LogP contribution in [0.25, 0.3) is 0 Å². The molecule has 0 spiro atoms. The number of hydrogen-bond acceptors (Lipinski definition) is 16. The zero-order valence-electron chi connectivity index (χ0n) is 19.9. The lowest BCUT2D eigenvalue weighted by molar-refractivity contribution is -0.362. The van der Waals surface area contributed by atoms with E-state index in [1.54, 1.807) is 0 Å². The maximum absolute atomic E-state index is 11.9. The molecule has 0 aromatic rings. The van der Waals surface area contributed by atoms with Crippen molar-refractivity contribution in [3.8, 4) is 0 Å². The van der Waals surface area contributed by atoms with Gasteiger partial charge in [-0.05, 0) is 0 Å². The van der Waals surface area contributed by atoms with E-state index >= 15 is 0 Å². The Balaban J connectivity index is 1.85. The summed E-state index contributed by atoms with van der Waals surface area (Å²) in [5.41, 5.74) is 0. The van der Waals surface area contributed by atoms with E-state index in [1.807, 2.05) is 0 Å². The van der Waals surface area contributed by atoms with Gasteiger partial charge in [0.2, 0.25) is 5.91 Å². The molecule has 15 atom stereocenters. The Labute approximate surface area is 214 Å². The number of hydrogen-bond donors (Lipinski definition) is 11. The molecule has 3 rings (SSSR count). The fraction of sp³-hybridized carbons (Fsp3) is 0.900. The van der Waals surface area contributed by atoms with Gasteiger partial charge < -0.3 is 80.1 Å². The smallest absolute Gasteiger partial charge is 0.335 e. The van der Waals surface area contributed by atoms with Gasteiger partial charge in [0, 0.05) is 6.92 Å². The predicted molar refractivity (Wildman–Crippen MR) is 113 cm³/mol. The molecule has 0 aliphatic carbocycles. The first-order chi connectivity index (χ1) is 17.8. The lowest BCUT2D eigenvalue weighted by Crippen LogP contribution is -2.69. The molecule has 0 radical (unpaired) electrons. The predicted octanol–water partition coefficient (Wildman–Crippen LogP) is -7.34.